The van der Waals surface area contributed by atoms with E-state index in [0.29, 0.717) is 19.5 Å². The number of hydrogen-bond acceptors (Lipinski definition) is 2. The van der Waals surface area contributed by atoms with Gasteiger partial charge in [0.25, 0.3) is 0 Å². The molecular formula is C11H5Br2ClO2. The molecule has 0 amide bonds. The maximum atomic E-state index is 12.1. The predicted octanol–water partition coefficient (Wildman–Crippen LogP) is 4.69. The van der Waals surface area contributed by atoms with E-state index in [-0.39, 0.29) is 11.5 Å². The summed E-state index contributed by atoms with van der Waals surface area (Å²) in [7, 11) is 0. The quantitative estimate of drug-likeness (QED) is 0.724. The van der Waals surface area contributed by atoms with Crippen LogP contribution >= 0.6 is 43.5 Å². The molecule has 0 fully saturated rings. The molecule has 0 aliphatic heterocycles. The van der Waals surface area contributed by atoms with Crippen molar-refractivity contribution < 1.29 is 9.21 Å². The maximum Gasteiger partial charge on any atom is 0.230 e. The number of halogens is 3. The van der Waals surface area contributed by atoms with Crippen molar-refractivity contribution in [2.24, 2.45) is 0 Å². The van der Waals surface area contributed by atoms with Crippen LogP contribution in [0.4, 0.5) is 0 Å². The number of benzene rings is 1. The van der Waals surface area contributed by atoms with Gasteiger partial charge in [-0.15, -0.1) is 0 Å². The first-order valence-corrected chi connectivity index (χ1v) is 6.28. The summed E-state index contributed by atoms with van der Waals surface area (Å²) in [4.78, 5) is 12.1. The van der Waals surface area contributed by atoms with Crippen LogP contribution in [0, 0.1) is 0 Å². The lowest BCUT2D eigenvalue weighted by Gasteiger charge is -2.02. The molecule has 0 saturated carbocycles. The third kappa shape index (κ3) is 2.24. The van der Waals surface area contributed by atoms with Gasteiger partial charge >= 0.3 is 0 Å². The minimum Gasteiger partial charge on any atom is -0.460 e. The zero-order valence-electron chi connectivity index (χ0n) is 7.84. The van der Waals surface area contributed by atoms with E-state index >= 15 is 0 Å². The molecule has 0 saturated heterocycles. The maximum absolute atomic E-state index is 12.1. The van der Waals surface area contributed by atoms with Gasteiger partial charge < -0.3 is 4.42 Å². The van der Waals surface area contributed by atoms with Crippen LogP contribution in [-0.4, -0.2) is 5.78 Å². The van der Waals surface area contributed by atoms with Crippen LogP contribution in [0.25, 0.3) is 0 Å². The normalized spacial score (nSPS) is 10.4. The van der Waals surface area contributed by atoms with Crippen molar-refractivity contribution in [2.75, 3.05) is 0 Å². The largest absolute Gasteiger partial charge is 0.460 e. The molecule has 82 valence electrons. The monoisotopic (exact) mass is 362 g/mol. The molecule has 0 radical (unpaired) electrons. The third-order valence-corrected chi connectivity index (χ3v) is 3.55. The van der Waals surface area contributed by atoms with Crippen molar-refractivity contribution in [1.82, 2.24) is 0 Å². The SMILES string of the molecule is O=C(c1cc(Cl)ccc1Br)c1occc1Br. The van der Waals surface area contributed by atoms with Crippen molar-refractivity contribution in [3.05, 3.63) is 55.8 Å². The molecule has 0 aliphatic carbocycles. The molecule has 16 heavy (non-hydrogen) atoms. The van der Waals surface area contributed by atoms with E-state index in [0.717, 1.165) is 0 Å². The number of ketones is 1. The van der Waals surface area contributed by atoms with Gasteiger partial charge in [0.2, 0.25) is 5.78 Å². The molecule has 0 spiro atoms. The molecule has 2 rings (SSSR count). The predicted molar refractivity (Wildman–Crippen MR) is 69.0 cm³/mol. The zero-order chi connectivity index (χ0) is 11.7. The number of rotatable bonds is 2. The van der Waals surface area contributed by atoms with E-state index in [1.807, 2.05) is 0 Å². The Bertz CT molecular complexity index is 549. The number of carbonyl (C=O) groups excluding carboxylic acids is 1. The Labute approximate surface area is 114 Å². The Morgan fingerprint density at radius 2 is 1.94 bits per heavy atom. The Morgan fingerprint density at radius 1 is 1.19 bits per heavy atom. The standard InChI is InChI=1S/C11H5Br2ClO2/c12-8-2-1-6(14)5-7(8)10(15)11-9(13)3-4-16-11/h1-5H. The molecule has 1 heterocycles. The van der Waals surface area contributed by atoms with E-state index in [1.54, 1.807) is 24.3 Å². The molecular weight excluding hydrogens is 359 g/mol. The van der Waals surface area contributed by atoms with Gasteiger partial charge in [0, 0.05) is 15.1 Å². The Hall–Kier alpha value is -0.580. The molecule has 1 aromatic carbocycles. The van der Waals surface area contributed by atoms with Crippen LogP contribution in [-0.2, 0) is 0 Å². The number of carbonyl (C=O) groups is 1. The van der Waals surface area contributed by atoms with Crippen LogP contribution < -0.4 is 0 Å². The summed E-state index contributed by atoms with van der Waals surface area (Å²) in [6.07, 6.45) is 1.45. The summed E-state index contributed by atoms with van der Waals surface area (Å²) < 4.78 is 6.43. The van der Waals surface area contributed by atoms with E-state index in [2.05, 4.69) is 31.9 Å². The fourth-order valence-corrected chi connectivity index (χ4v) is 2.23. The summed E-state index contributed by atoms with van der Waals surface area (Å²) in [5.74, 6) is 0.0502. The van der Waals surface area contributed by atoms with Crippen molar-refractivity contribution in [2.45, 2.75) is 0 Å². The Balaban J connectivity index is 2.49. The number of furan rings is 1. The van der Waals surface area contributed by atoms with Crippen molar-refractivity contribution in [3.63, 3.8) is 0 Å². The molecule has 0 aliphatic rings. The van der Waals surface area contributed by atoms with Gasteiger partial charge in [-0.1, -0.05) is 27.5 Å². The average molecular weight is 364 g/mol. The molecule has 5 heteroatoms. The minimum absolute atomic E-state index is 0.216. The lowest BCUT2D eigenvalue weighted by Crippen LogP contribution is -2.01. The lowest BCUT2D eigenvalue weighted by molar-refractivity contribution is 0.101. The van der Waals surface area contributed by atoms with Crippen molar-refractivity contribution >= 4 is 49.2 Å². The van der Waals surface area contributed by atoms with Crippen molar-refractivity contribution in [1.29, 1.82) is 0 Å². The molecule has 0 bridgehead atoms. The molecule has 0 unspecified atom stereocenters. The fraction of sp³-hybridized carbons (Fsp3) is 0. The average Bonchev–Trinajstić information content (AvgIpc) is 2.67. The highest BCUT2D eigenvalue weighted by atomic mass is 79.9. The van der Waals surface area contributed by atoms with Gasteiger partial charge in [0.15, 0.2) is 5.76 Å². The number of hydrogen-bond donors (Lipinski definition) is 0. The van der Waals surface area contributed by atoms with Crippen LogP contribution in [0.5, 0.6) is 0 Å². The first kappa shape index (κ1) is 11.9. The van der Waals surface area contributed by atoms with Gasteiger partial charge in [-0.05, 0) is 40.2 Å². The Kier molecular flexibility index (Phi) is 3.52. The summed E-state index contributed by atoms with van der Waals surface area (Å²) in [6, 6.07) is 6.71. The lowest BCUT2D eigenvalue weighted by atomic mass is 10.1. The van der Waals surface area contributed by atoms with E-state index in [9.17, 15) is 4.79 Å². The summed E-state index contributed by atoms with van der Waals surface area (Å²) in [5, 5.41) is 0.509. The van der Waals surface area contributed by atoms with Crippen LogP contribution in [0.1, 0.15) is 16.1 Å². The van der Waals surface area contributed by atoms with Gasteiger partial charge in [-0.3, -0.25) is 4.79 Å². The molecule has 2 nitrogen and oxygen atoms in total. The van der Waals surface area contributed by atoms with Crippen LogP contribution in [0.2, 0.25) is 5.02 Å². The second-order valence-electron chi connectivity index (χ2n) is 3.05. The van der Waals surface area contributed by atoms with E-state index in [1.165, 1.54) is 6.26 Å². The zero-order valence-corrected chi connectivity index (χ0v) is 11.8. The van der Waals surface area contributed by atoms with Crippen molar-refractivity contribution in [3.8, 4) is 0 Å². The Morgan fingerprint density at radius 3 is 2.56 bits per heavy atom. The highest BCUT2D eigenvalue weighted by molar-refractivity contribution is 9.10. The van der Waals surface area contributed by atoms with Gasteiger partial charge in [-0.2, -0.15) is 0 Å². The summed E-state index contributed by atoms with van der Waals surface area (Å²) in [6.45, 7) is 0. The molecule has 2 aromatic rings. The highest BCUT2D eigenvalue weighted by Crippen LogP contribution is 2.27. The minimum atomic E-state index is -0.216. The van der Waals surface area contributed by atoms with Gasteiger partial charge in [-0.25, -0.2) is 0 Å². The van der Waals surface area contributed by atoms with E-state index in [4.69, 9.17) is 16.0 Å². The summed E-state index contributed by atoms with van der Waals surface area (Å²) in [5.41, 5.74) is 0.475. The van der Waals surface area contributed by atoms with Crippen LogP contribution in [0.15, 0.2) is 43.9 Å². The second kappa shape index (κ2) is 4.73. The first-order valence-electron chi connectivity index (χ1n) is 4.32. The molecule has 0 N–H and O–H groups in total. The summed E-state index contributed by atoms with van der Waals surface area (Å²) >= 11 is 12.4. The molecule has 0 atom stereocenters. The topological polar surface area (TPSA) is 30.2 Å². The van der Waals surface area contributed by atoms with Crippen LogP contribution in [0.3, 0.4) is 0 Å². The first-order chi connectivity index (χ1) is 7.59. The highest BCUT2D eigenvalue weighted by Gasteiger charge is 2.18. The van der Waals surface area contributed by atoms with E-state index < -0.39 is 0 Å². The smallest absolute Gasteiger partial charge is 0.230 e. The second-order valence-corrected chi connectivity index (χ2v) is 5.20. The molecule has 1 aromatic heterocycles. The fourth-order valence-electron chi connectivity index (χ4n) is 1.25. The van der Waals surface area contributed by atoms with Gasteiger partial charge in [0.1, 0.15) is 0 Å². The van der Waals surface area contributed by atoms with Gasteiger partial charge in [0.05, 0.1) is 10.7 Å². The third-order valence-electron chi connectivity index (χ3n) is 2.00.